The van der Waals surface area contributed by atoms with Crippen LogP contribution in [0.4, 0.5) is 0 Å². The van der Waals surface area contributed by atoms with E-state index in [1.807, 2.05) is 0 Å². The first-order valence-corrected chi connectivity index (χ1v) is 8.94. The minimum absolute atomic E-state index is 0.485. The van der Waals surface area contributed by atoms with Crippen LogP contribution >= 0.6 is 11.3 Å². The van der Waals surface area contributed by atoms with E-state index in [0.717, 1.165) is 30.6 Å². The molecule has 0 bridgehead atoms. The van der Waals surface area contributed by atoms with Crippen molar-refractivity contribution in [2.75, 3.05) is 27.2 Å². The number of likely N-dealkylation sites (N-methyl/N-ethyl adjacent to an activating group) is 1. The van der Waals surface area contributed by atoms with Gasteiger partial charge in [0.05, 0.1) is 12.2 Å². The lowest BCUT2D eigenvalue weighted by molar-refractivity contribution is 0.255. The number of hydrogen-bond donors (Lipinski definition) is 2. The molecule has 5 nitrogen and oxygen atoms in total. The predicted octanol–water partition coefficient (Wildman–Crippen LogP) is 2.66. The molecule has 0 spiro atoms. The standard InChI is InChI=1S/C16H31N5S/c1-7-13(4)21(6)9-8-18-16(17-5)19-10-15-20-14(11-22-15)12(2)3/h11-13H,7-10H2,1-6H3,(H2,17,18,19). The summed E-state index contributed by atoms with van der Waals surface area (Å²) in [4.78, 5) is 11.2. The third-order valence-corrected chi connectivity index (χ3v) is 4.76. The summed E-state index contributed by atoms with van der Waals surface area (Å²) in [6.07, 6.45) is 1.17. The first-order chi connectivity index (χ1) is 10.5. The van der Waals surface area contributed by atoms with Gasteiger partial charge < -0.3 is 15.5 Å². The second-order valence-corrected chi connectivity index (χ2v) is 6.85. The van der Waals surface area contributed by atoms with Crippen LogP contribution in [0, 0.1) is 0 Å². The Kier molecular flexibility index (Phi) is 8.42. The largest absolute Gasteiger partial charge is 0.355 e. The Hall–Kier alpha value is -1.14. The average Bonchev–Trinajstić information content (AvgIpc) is 2.98. The van der Waals surface area contributed by atoms with Crippen molar-refractivity contribution in [1.29, 1.82) is 0 Å². The van der Waals surface area contributed by atoms with Crippen molar-refractivity contribution < 1.29 is 0 Å². The number of guanidine groups is 1. The minimum atomic E-state index is 0.485. The maximum Gasteiger partial charge on any atom is 0.191 e. The van der Waals surface area contributed by atoms with Crippen molar-refractivity contribution in [3.8, 4) is 0 Å². The minimum Gasteiger partial charge on any atom is -0.355 e. The van der Waals surface area contributed by atoms with E-state index in [0.29, 0.717) is 12.0 Å². The van der Waals surface area contributed by atoms with Gasteiger partial charge in [0.2, 0.25) is 0 Å². The van der Waals surface area contributed by atoms with E-state index < -0.39 is 0 Å². The zero-order valence-electron chi connectivity index (χ0n) is 14.8. The van der Waals surface area contributed by atoms with E-state index in [-0.39, 0.29) is 0 Å². The summed E-state index contributed by atoms with van der Waals surface area (Å²) in [5.41, 5.74) is 1.17. The van der Waals surface area contributed by atoms with Crippen LogP contribution in [0.25, 0.3) is 0 Å². The Labute approximate surface area is 139 Å². The number of thiazole rings is 1. The van der Waals surface area contributed by atoms with E-state index in [2.05, 4.69) is 65.6 Å². The van der Waals surface area contributed by atoms with Crippen LogP contribution in [0.3, 0.4) is 0 Å². The highest BCUT2D eigenvalue weighted by Crippen LogP contribution is 2.17. The van der Waals surface area contributed by atoms with E-state index >= 15 is 0 Å². The molecule has 22 heavy (non-hydrogen) atoms. The summed E-state index contributed by atoms with van der Waals surface area (Å²) in [5.74, 6) is 1.32. The van der Waals surface area contributed by atoms with Gasteiger partial charge in [-0.1, -0.05) is 20.8 Å². The molecular weight excluding hydrogens is 294 g/mol. The lowest BCUT2D eigenvalue weighted by atomic mass is 10.2. The molecule has 1 rings (SSSR count). The summed E-state index contributed by atoms with van der Waals surface area (Å²) in [6.45, 7) is 11.4. The quantitative estimate of drug-likeness (QED) is 0.570. The van der Waals surface area contributed by atoms with Gasteiger partial charge in [0.15, 0.2) is 5.96 Å². The molecule has 1 unspecified atom stereocenters. The fourth-order valence-electron chi connectivity index (χ4n) is 1.93. The van der Waals surface area contributed by atoms with Gasteiger partial charge in [-0.15, -0.1) is 11.3 Å². The molecule has 0 radical (unpaired) electrons. The Bertz CT molecular complexity index is 455. The van der Waals surface area contributed by atoms with Crippen LogP contribution in [0.15, 0.2) is 10.4 Å². The average molecular weight is 326 g/mol. The zero-order valence-corrected chi connectivity index (χ0v) is 15.6. The van der Waals surface area contributed by atoms with Crippen molar-refractivity contribution in [2.24, 2.45) is 4.99 Å². The molecule has 2 N–H and O–H groups in total. The van der Waals surface area contributed by atoms with Crippen molar-refractivity contribution in [2.45, 2.75) is 52.6 Å². The van der Waals surface area contributed by atoms with Crippen LogP contribution in [0.2, 0.25) is 0 Å². The monoisotopic (exact) mass is 325 g/mol. The van der Waals surface area contributed by atoms with Crippen LogP contribution in [-0.4, -0.2) is 49.1 Å². The van der Waals surface area contributed by atoms with E-state index in [4.69, 9.17) is 0 Å². The number of hydrogen-bond acceptors (Lipinski definition) is 4. The summed E-state index contributed by atoms with van der Waals surface area (Å²) in [5, 5.41) is 9.91. The first kappa shape index (κ1) is 18.9. The number of nitrogens with zero attached hydrogens (tertiary/aromatic N) is 3. The van der Waals surface area contributed by atoms with Crippen molar-refractivity contribution in [3.05, 3.63) is 16.1 Å². The first-order valence-electron chi connectivity index (χ1n) is 8.06. The number of rotatable bonds is 8. The van der Waals surface area contributed by atoms with Crippen LogP contribution in [0.1, 0.15) is 50.7 Å². The fourth-order valence-corrected chi connectivity index (χ4v) is 2.83. The summed E-state index contributed by atoms with van der Waals surface area (Å²) in [7, 11) is 3.96. The highest BCUT2D eigenvalue weighted by molar-refractivity contribution is 7.09. The number of nitrogens with one attached hydrogen (secondary N) is 2. The van der Waals surface area contributed by atoms with Crippen molar-refractivity contribution >= 4 is 17.3 Å². The van der Waals surface area contributed by atoms with Gasteiger partial charge in [-0.25, -0.2) is 4.98 Å². The fraction of sp³-hybridized carbons (Fsp3) is 0.750. The second kappa shape index (κ2) is 9.79. The molecule has 1 aromatic heterocycles. The summed E-state index contributed by atoms with van der Waals surface area (Å²) >= 11 is 1.70. The van der Waals surface area contributed by atoms with Gasteiger partial charge in [-0.2, -0.15) is 0 Å². The molecule has 1 aromatic rings. The van der Waals surface area contributed by atoms with Crippen LogP contribution in [-0.2, 0) is 6.54 Å². The molecule has 0 saturated carbocycles. The Morgan fingerprint density at radius 1 is 1.36 bits per heavy atom. The third-order valence-electron chi connectivity index (χ3n) is 3.89. The number of aromatic nitrogens is 1. The third kappa shape index (κ3) is 6.32. The highest BCUT2D eigenvalue weighted by Gasteiger charge is 2.08. The Morgan fingerprint density at radius 2 is 2.09 bits per heavy atom. The van der Waals surface area contributed by atoms with E-state index in [9.17, 15) is 0 Å². The zero-order chi connectivity index (χ0) is 16.5. The highest BCUT2D eigenvalue weighted by atomic mass is 32.1. The molecule has 0 fully saturated rings. The van der Waals surface area contributed by atoms with E-state index in [1.165, 1.54) is 12.1 Å². The van der Waals surface area contributed by atoms with Crippen LogP contribution in [0.5, 0.6) is 0 Å². The SMILES string of the molecule is CCC(C)N(C)CCNC(=NC)NCc1nc(C(C)C)cs1. The summed E-state index contributed by atoms with van der Waals surface area (Å²) in [6, 6.07) is 0.613. The summed E-state index contributed by atoms with van der Waals surface area (Å²) < 4.78 is 0. The molecule has 1 heterocycles. The van der Waals surface area contributed by atoms with Crippen molar-refractivity contribution in [1.82, 2.24) is 20.5 Å². The molecule has 126 valence electrons. The molecule has 0 saturated heterocycles. The molecule has 0 aliphatic rings. The Morgan fingerprint density at radius 3 is 2.64 bits per heavy atom. The van der Waals surface area contributed by atoms with Crippen LogP contribution < -0.4 is 10.6 Å². The topological polar surface area (TPSA) is 52.5 Å². The number of aliphatic imine (C=N–C) groups is 1. The molecule has 0 aromatic carbocycles. The van der Waals surface area contributed by atoms with Gasteiger partial charge >= 0.3 is 0 Å². The molecule has 0 aliphatic heterocycles. The molecular formula is C16H31N5S. The lowest BCUT2D eigenvalue weighted by Crippen LogP contribution is -2.42. The smallest absolute Gasteiger partial charge is 0.191 e. The molecule has 1 atom stereocenters. The maximum atomic E-state index is 4.62. The van der Waals surface area contributed by atoms with Crippen molar-refractivity contribution in [3.63, 3.8) is 0 Å². The normalized spacial score (nSPS) is 13.7. The molecule has 0 amide bonds. The maximum absolute atomic E-state index is 4.62. The van der Waals surface area contributed by atoms with Gasteiger partial charge in [0.1, 0.15) is 5.01 Å². The van der Waals surface area contributed by atoms with Gasteiger partial charge in [-0.3, -0.25) is 4.99 Å². The van der Waals surface area contributed by atoms with Gasteiger partial charge in [-0.05, 0) is 26.3 Å². The van der Waals surface area contributed by atoms with Gasteiger partial charge in [0.25, 0.3) is 0 Å². The van der Waals surface area contributed by atoms with Gasteiger partial charge in [0, 0.05) is 31.6 Å². The molecule has 0 aliphatic carbocycles. The Balaban J connectivity index is 2.33. The lowest BCUT2D eigenvalue weighted by Gasteiger charge is -2.23. The molecule has 6 heteroatoms. The van der Waals surface area contributed by atoms with E-state index in [1.54, 1.807) is 18.4 Å². The predicted molar refractivity (Wildman–Crippen MR) is 96.8 cm³/mol. The second-order valence-electron chi connectivity index (χ2n) is 5.91.